The SMILES string of the molecule is CC(C)(C)OC(=O)CCCCC(=O)N1CCN(C(=O)Oc2ccc(C=O)cc2)[C@H]2CSSC[C@H]21. The van der Waals surface area contributed by atoms with Gasteiger partial charge in [0.2, 0.25) is 5.91 Å². The minimum Gasteiger partial charge on any atom is -0.460 e. The maximum Gasteiger partial charge on any atom is 0.415 e. The van der Waals surface area contributed by atoms with Gasteiger partial charge in [0.05, 0.1) is 12.1 Å². The first-order valence-electron chi connectivity index (χ1n) is 11.5. The van der Waals surface area contributed by atoms with Gasteiger partial charge in [-0.05, 0) is 57.9 Å². The number of hydrogen-bond acceptors (Lipinski definition) is 8. The molecule has 186 valence electrons. The summed E-state index contributed by atoms with van der Waals surface area (Å²) in [5.41, 5.74) is 0.0111. The highest BCUT2D eigenvalue weighted by atomic mass is 33.1. The Morgan fingerprint density at radius 1 is 0.971 bits per heavy atom. The maximum atomic E-state index is 13.0. The van der Waals surface area contributed by atoms with Gasteiger partial charge in [0, 0.05) is 43.0 Å². The molecule has 2 amide bonds. The molecule has 0 unspecified atom stereocenters. The molecule has 8 nitrogen and oxygen atoms in total. The van der Waals surface area contributed by atoms with Crippen molar-refractivity contribution in [1.29, 1.82) is 0 Å². The molecule has 2 heterocycles. The lowest BCUT2D eigenvalue weighted by Gasteiger charge is -2.48. The normalized spacial score (nSPS) is 20.3. The third-order valence-corrected chi connectivity index (χ3v) is 8.04. The average molecular weight is 509 g/mol. The van der Waals surface area contributed by atoms with E-state index in [1.165, 1.54) is 0 Å². The molecule has 0 aromatic heterocycles. The molecule has 0 bridgehead atoms. The molecule has 10 heteroatoms. The molecule has 1 aromatic carbocycles. The van der Waals surface area contributed by atoms with E-state index in [1.807, 2.05) is 25.7 Å². The molecule has 34 heavy (non-hydrogen) atoms. The van der Waals surface area contributed by atoms with Crippen LogP contribution in [0.4, 0.5) is 4.79 Å². The minimum absolute atomic E-state index is 0.0594. The fraction of sp³-hybridized carbons (Fsp3) is 0.583. The monoisotopic (exact) mass is 508 g/mol. The van der Waals surface area contributed by atoms with E-state index in [-0.39, 0.29) is 24.0 Å². The van der Waals surface area contributed by atoms with Gasteiger partial charge in [-0.2, -0.15) is 0 Å². The van der Waals surface area contributed by atoms with E-state index in [0.29, 0.717) is 50.1 Å². The topological polar surface area (TPSA) is 93.2 Å². The largest absolute Gasteiger partial charge is 0.460 e. The van der Waals surface area contributed by atoms with E-state index >= 15 is 0 Å². The first-order chi connectivity index (χ1) is 16.2. The molecule has 1 aromatic rings. The van der Waals surface area contributed by atoms with Crippen LogP contribution in [0.3, 0.4) is 0 Å². The number of ether oxygens (including phenoxy) is 2. The summed E-state index contributed by atoms with van der Waals surface area (Å²) >= 11 is 0. The Labute approximate surface area is 208 Å². The van der Waals surface area contributed by atoms with Crippen LogP contribution in [-0.2, 0) is 14.3 Å². The fourth-order valence-corrected chi connectivity index (χ4v) is 6.68. The Hall–Kier alpha value is -2.20. The number of benzene rings is 1. The zero-order valence-electron chi connectivity index (χ0n) is 19.9. The third kappa shape index (κ3) is 7.40. The molecular weight excluding hydrogens is 476 g/mol. The van der Waals surface area contributed by atoms with Gasteiger partial charge in [0.15, 0.2) is 0 Å². The smallest absolute Gasteiger partial charge is 0.415 e. The van der Waals surface area contributed by atoms with E-state index in [2.05, 4.69) is 0 Å². The first-order valence-corrected chi connectivity index (χ1v) is 14.0. The lowest BCUT2D eigenvalue weighted by molar-refractivity contribution is -0.155. The Morgan fingerprint density at radius 2 is 1.56 bits per heavy atom. The van der Waals surface area contributed by atoms with Gasteiger partial charge in [0.25, 0.3) is 0 Å². The van der Waals surface area contributed by atoms with Crippen LogP contribution in [0, 0.1) is 0 Å². The number of nitrogens with zero attached hydrogens (tertiary/aromatic N) is 2. The average Bonchev–Trinajstić information content (AvgIpc) is 2.80. The number of carbonyl (C=O) groups is 4. The van der Waals surface area contributed by atoms with E-state index in [9.17, 15) is 19.2 Å². The number of fused-ring (bicyclic) bond motifs is 1. The number of unbranched alkanes of at least 4 members (excludes halogenated alkanes) is 1. The number of piperazine rings is 1. The van der Waals surface area contributed by atoms with E-state index < -0.39 is 11.7 Å². The second kappa shape index (κ2) is 12.0. The number of amides is 2. The predicted molar refractivity (Wildman–Crippen MR) is 133 cm³/mol. The van der Waals surface area contributed by atoms with Crippen LogP contribution >= 0.6 is 21.6 Å². The summed E-state index contributed by atoms with van der Waals surface area (Å²) in [5.74, 6) is 1.67. The molecule has 2 saturated heterocycles. The second-order valence-electron chi connectivity index (χ2n) is 9.33. The van der Waals surface area contributed by atoms with Crippen molar-refractivity contribution in [3.8, 4) is 5.75 Å². The summed E-state index contributed by atoms with van der Waals surface area (Å²) < 4.78 is 10.9. The summed E-state index contributed by atoms with van der Waals surface area (Å²) in [4.78, 5) is 52.2. The van der Waals surface area contributed by atoms with Gasteiger partial charge in [-0.1, -0.05) is 21.6 Å². The van der Waals surface area contributed by atoms with Gasteiger partial charge in [-0.3, -0.25) is 14.4 Å². The molecule has 2 aliphatic heterocycles. The van der Waals surface area contributed by atoms with Crippen molar-refractivity contribution in [3.63, 3.8) is 0 Å². The molecule has 2 aliphatic rings. The molecule has 0 aliphatic carbocycles. The highest BCUT2D eigenvalue weighted by Crippen LogP contribution is 2.36. The van der Waals surface area contributed by atoms with Crippen molar-refractivity contribution in [2.75, 3.05) is 24.6 Å². The Balaban J connectivity index is 1.52. The summed E-state index contributed by atoms with van der Waals surface area (Å²) in [6.07, 6.45) is 2.20. The second-order valence-corrected chi connectivity index (χ2v) is 11.9. The predicted octanol–water partition coefficient (Wildman–Crippen LogP) is 4.18. The molecule has 0 N–H and O–H groups in total. The van der Waals surface area contributed by atoms with Crippen molar-refractivity contribution in [1.82, 2.24) is 9.80 Å². The van der Waals surface area contributed by atoms with Crippen LogP contribution in [0.25, 0.3) is 0 Å². The number of carbonyl (C=O) groups excluding carboxylic acids is 4. The van der Waals surface area contributed by atoms with Crippen LogP contribution in [0.15, 0.2) is 24.3 Å². The highest BCUT2D eigenvalue weighted by Gasteiger charge is 2.43. The molecule has 2 atom stereocenters. The molecule has 0 radical (unpaired) electrons. The molecule has 3 rings (SSSR count). The molecule has 2 fully saturated rings. The zero-order valence-corrected chi connectivity index (χ0v) is 21.5. The maximum absolute atomic E-state index is 13.0. The Morgan fingerprint density at radius 3 is 2.18 bits per heavy atom. The van der Waals surface area contributed by atoms with E-state index in [4.69, 9.17) is 9.47 Å². The standard InChI is InChI=1S/C24H32N2O6S2/c1-24(2,3)32-22(29)7-5-4-6-21(28)25-12-13-26(20-16-34-33-15-19(20)25)23(30)31-18-10-8-17(14-27)9-11-18/h8-11,14,19-20H,4-7,12-13,15-16H2,1-3H3/t19-,20+/m1/s1. The van der Waals surface area contributed by atoms with Crippen LogP contribution in [0.5, 0.6) is 5.75 Å². The third-order valence-electron chi connectivity index (χ3n) is 5.61. The Bertz CT molecular complexity index is 886. The van der Waals surface area contributed by atoms with E-state index in [0.717, 1.165) is 17.8 Å². The Kier molecular flexibility index (Phi) is 9.30. The van der Waals surface area contributed by atoms with Gasteiger partial charge >= 0.3 is 12.1 Å². The summed E-state index contributed by atoms with van der Waals surface area (Å²) in [6.45, 7) is 6.37. The molecule has 0 spiro atoms. The summed E-state index contributed by atoms with van der Waals surface area (Å²) in [7, 11) is 3.41. The van der Waals surface area contributed by atoms with E-state index in [1.54, 1.807) is 50.8 Å². The van der Waals surface area contributed by atoms with Crippen LogP contribution in [-0.4, -0.2) is 76.3 Å². The van der Waals surface area contributed by atoms with Gasteiger partial charge in [-0.25, -0.2) is 4.79 Å². The fourth-order valence-electron chi connectivity index (χ4n) is 3.99. The number of aldehydes is 1. The number of rotatable bonds is 7. The van der Waals surface area contributed by atoms with Crippen molar-refractivity contribution < 1.29 is 28.7 Å². The zero-order chi connectivity index (χ0) is 24.7. The summed E-state index contributed by atoms with van der Waals surface area (Å²) in [5, 5.41) is 0. The van der Waals surface area contributed by atoms with Crippen LogP contribution < -0.4 is 4.74 Å². The highest BCUT2D eigenvalue weighted by molar-refractivity contribution is 8.76. The summed E-state index contributed by atoms with van der Waals surface area (Å²) in [6, 6.07) is 6.22. The van der Waals surface area contributed by atoms with Crippen LogP contribution in [0.1, 0.15) is 56.8 Å². The lowest BCUT2D eigenvalue weighted by atomic mass is 10.0. The van der Waals surface area contributed by atoms with Gasteiger partial charge in [-0.15, -0.1) is 0 Å². The first kappa shape index (κ1) is 26.4. The quantitative estimate of drug-likeness (QED) is 0.234. The number of hydrogen-bond donors (Lipinski definition) is 0. The lowest BCUT2D eigenvalue weighted by Crippen LogP contribution is -2.65. The van der Waals surface area contributed by atoms with Gasteiger partial charge in [0.1, 0.15) is 17.6 Å². The molecular formula is C24H32N2O6S2. The minimum atomic E-state index is -0.502. The van der Waals surface area contributed by atoms with Crippen molar-refractivity contribution in [3.05, 3.63) is 29.8 Å². The van der Waals surface area contributed by atoms with Crippen molar-refractivity contribution in [2.24, 2.45) is 0 Å². The van der Waals surface area contributed by atoms with Crippen LogP contribution in [0.2, 0.25) is 0 Å². The van der Waals surface area contributed by atoms with Crippen molar-refractivity contribution >= 4 is 45.8 Å². The molecule has 0 saturated carbocycles. The number of esters is 1. The van der Waals surface area contributed by atoms with Crippen molar-refractivity contribution in [2.45, 2.75) is 64.1 Å². The van der Waals surface area contributed by atoms with Gasteiger partial charge < -0.3 is 19.3 Å².